The normalized spacial score (nSPS) is 9.67. The number of carboxylic acid groups (broad SMARTS) is 1. The van der Waals surface area contributed by atoms with E-state index in [1.165, 1.54) is 11.8 Å². The molecule has 0 atom stereocenters. The Morgan fingerprint density at radius 2 is 2.00 bits per heavy atom. The number of amides is 1. The maximum Gasteiger partial charge on any atom is 0.303 e. The molecule has 0 spiro atoms. The van der Waals surface area contributed by atoms with Crippen LogP contribution < -0.4 is 5.73 Å². The lowest BCUT2D eigenvalue weighted by Gasteiger charge is -1.96. The quantitative estimate of drug-likeness (QED) is 0.573. The van der Waals surface area contributed by atoms with Crippen LogP contribution in [0.3, 0.4) is 0 Å². The molecule has 0 rings (SSSR count). The van der Waals surface area contributed by atoms with Crippen LogP contribution in [0, 0.1) is 0 Å². The van der Waals surface area contributed by atoms with Gasteiger partial charge in [0.15, 0.2) is 0 Å². The van der Waals surface area contributed by atoms with E-state index in [9.17, 15) is 9.59 Å². The van der Waals surface area contributed by atoms with E-state index in [-0.39, 0.29) is 12.3 Å². The van der Waals surface area contributed by atoms with Crippen LogP contribution in [0.4, 0.5) is 0 Å². The first-order chi connectivity index (χ1) is 5.63. The van der Waals surface area contributed by atoms with E-state index in [1.807, 2.05) is 0 Å². The first-order valence-electron chi connectivity index (χ1n) is 3.70. The van der Waals surface area contributed by atoms with Gasteiger partial charge in [0.1, 0.15) is 0 Å². The molecule has 12 heavy (non-hydrogen) atoms. The fourth-order valence-electron chi connectivity index (χ4n) is 0.653. The van der Waals surface area contributed by atoms with Gasteiger partial charge in [0.25, 0.3) is 0 Å². The molecule has 3 N–H and O–H groups in total. The third-order valence-electron chi connectivity index (χ3n) is 1.17. The fraction of sp³-hybridized carbons (Fsp3) is 0.714. The molecule has 0 aromatic rings. The number of aliphatic carboxylic acids is 1. The maximum absolute atomic E-state index is 10.2. The second-order valence-electron chi connectivity index (χ2n) is 2.37. The SMILES string of the molecule is NC(=O)CSCCCCC(=O)O. The number of hydrogen-bond acceptors (Lipinski definition) is 3. The highest BCUT2D eigenvalue weighted by molar-refractivity contribution is 7.99. The van der Waals surface area contributed by atoms with Crippen molar-refractivity contribution in [3.63, 3.8) is 0 Å². The van der Waals surface area contributed by atoms with Gasteiger partial charge in [0, 0.05) is 6.42 Å². The maximum atomic E-state index is 10.2. The van der Waals surface area contributed by atoms with E-state index in [0.29, 0.717) is 12.2 Å². The molecule has 70 valence electrons. The molecule has 0 saturated carbocycles. The molecule has 0 unspecified atom stereocenters. The van der Waals surface area contributed by atoms with Crippen LogP contribution in [-0.4, -0.2) is 28.5 Å². The summed E-state index contributed by atoms with van der Waals surface area (Å²) in [5, 5.41) is 8.28. The third-order valence-corrected chi connectivity index (χ3v) is 2.24. The van der Waals surface area contributed by atoms with Gasteiger partial charge in [-0.3, -0.25) is 9.59 Å². The van der Waals surface area contributed by atoms with Gasteiger partial charge in [-0.05, 0) is 18.6 Å². The summed E-state index contributed by atoms with van der Waals surface area (Å²) in [6.45, 7) is 0. The Labute approximate surface area is 75.5 Å². The zero-order chi connectivity index (χ0) is 9.40. The Balaban J connectivity index is 3.01. The summed E-state index contributed by atoms with van der Waals surface area (Å²) in [5.74, 6) is 0.0386. The van der Waals surface area contributed by atoms with Crippen LogP contribution in [0.5, 0.6) is 0 Å². The number of primary amides is 1. The van der Waals surface area contributed by atoms with Crippen LogP contribution in [0.25, 0.3) is 0 Å². The summed E-state index contributed by atoms with van der Waals surface area (Å²) in [7, 11) is 0. The molecule has 0 bridgehead atoms. The highest BCUT2D eigenvalue weighted by atomic mass is 32.2. The van der Waals surface area contributed by atoms with E-state index in [2.05, 4.69) is 0 Å². The van der Waals surface area contributed by atoms with Crippen LogP contribution in [0.1, 0.15) is 19.3 Å². The first kappa shape index (κ1) is 11.3. The summed E-state index contributed by atoms with van der Waals surface area (Å²) in [5.41, 5.74) is 4.90. The summed E-state index contributed by atoms with van der Waals surface area (Å²) in [6.07, 6.45) is 1.70. The second kappa shape index (κ2) is 6.97. The molecule has 0 radical (unpaired) electrons. The van der Waals surface area contributed by atoms with Crippen molar-refractivity contribution < 1.29 is 14.7 Å². The Kier molecular flexibility index (Phi) is 6.55. The monoisotopic (exact) mass is 191 g/mol. The molecule has 0 aromatic heterocycles. The van der Waals surface area contributed by atoms with Crippen LogP contribution in [0.15, 0.2) is 0 Å². The zero-order valence-electron chi connectivity index (χ0n) is 6.78. The second-order valence-corrected chi connectivity index (χ2v) is 3.47. The topological polar surface area (TPSA) is 80.4 Å². The predicted octanol–water partition coefficient (Wildman–Crippen LogP) is 0.460. The van der Waals surface area contributed by atoms with Gasteiger partial charge >= 0.3 is 5.97 Å². The van der Waals surface area contributed by atoms with Crippen molar-refractivity contribution in [1.29, 1.82) is 0 Å². The van der Waals surface area contributed by atoms with Gasteiger partial charge in [-0.15, -0.1) is 0 Å². The van der Waals surface area contributed by atoms with Crippen LogP contribution >= 0.6 is 11.8 Å². The van der Waals surface area contributed by atoms with E-state index >= 15 is 0 Å². The highest BCUT2D eigenvalue weighted by Crippen LogP contribution is 2.05. The molecule has 0 aromatic carbocycles. The molecule has 0 aliphatic rings. The lowest BCUT2D eigenvalue weighted by atomic mass is 10.3. The largest absolute Gasteiger partial charge is 0.481 e. The van der Waals surface area contributed by atoms with Crippen LogP contribution in [-0.2, 0) is 9.59 Å². The van der Waals surface area contributed by atoms with Gasteiger partial charge in [-0.2, -0.15) is 11.8 Å². The summed E-state index contributed by atoms with van der Waals surface area (Å²) < 4.78 is 0. The third kappa shape index (κ3) is 9.29. The van der Waals surface area contributed by atoms with E-state index in [1.54, 1.807) is 0 Å². The summed E-state index contributed by atoms with van der Waals surface area (Å²) in [4.78, 5) is 20.3. The molecule has 0 aliphatic heterocycles. The molecule has 0 fully saturated rings. The Bertz CT molecular complexity index is 143. The first-order valence-corrected chi connectivity index (χ1v) is 4.86. The van der Waals surface area contributed by atoms with E-state index < -0.39 is 5.97 Å². The number of hydrogen-bond donors (Lipinski definition) is 2. The molecule has 4 nitrogen and oxygen atoms in total. The summed E-state index contributed by atoms with van der Waals surface area (Å²) >= 11 is 1.45. The number of nitrogens with two attached hydrogens (primary N) is 1. The van der Waals surface area contributed by atoms with Gasteiger partial charge in [-0.1, -0.05) is 0 Å². The van der Waals surface area contributed by atoms with Crippen molar-refractivity contribution >= 4 is 23.6 Å². The zero-order valence-corrected chi connectivity index (χ0v) is 7.60. The average molecular weight is 191 g/mol. The fourth-order valence-corrected chi connectivity index (χ4v) is 1.41. The lowest BCUT2D eigenvalue weighted by Crippen LogP contribution is -2.13. The Hall–Kier alpha value is -0.710. The van der Waals surface area contributed by atoms with Crippen LogP contribution in [0.2, 0.25) is 0 Å². The Morgan fingerprint density at radius 3 is 2.50 bits per heavy atom. The molecular weight excluding hydrogens is 178 g/mol. The van der Waals surface area contributed by atoms with Gasteiger partial charge in [0.2, 0.25) is 5.91 Å². The number of unbranched alkanes of at least 4 members (excludes halogenated alkanes) is 1. The smallest absolute Gasteiger partial charge is 0.303 e. The molecule has 5 heteroatoms. The molecule has 0 aliphatic carbocycles. The van der Waals surface area contributed by atoms with Crippen molar-refractivity contribution in [1.82, 2.24) is 0 Å². The van der Waals surface area contributed by atoms with E-state index in [0.717, 1.165) is 12.2 Å². The van der Waals surface area contributed by atoms with Crippen molar-refractivity contribution in [3.8, 4) is 0 Å². The highest BCUT2D eigenvalue weighted by Gasteiger charge is 1.97. The van der Waals surface area contributed by atoms with Crippen molar-refractivity contribution in [2.45, 2.75) is 19.3 Å². The van der Waals surface area contributed by atoms with Crippen molar-refractivity contribution in [3.05, 3.63) is 0 Å². The molecule has 0 heterocycles. The average Bonchev–Trinajstić information content (AvgIpc) is 1.95. The molecule has 1 amide bonds. The number of carbonyl (C=O) groups is 2. The van der Waals surface area contributed by atoms with Gasteiger partial charge < -0.3 is 10.8 Å². The minimum Gasteiger partial charge on any atom is -0.481 e. The number of thioether (sulfide) groups is 1. The predicted molar refractivity (Wildman–Crippen MR) is 48.0 cm³/mol. The number of rotatable bonds is 7. The molecular formula is C7H13NO3S. The lowest BCUT2D eigenvalue weighted by molar-refractivity contribution is -0.137. The number of carbonyl (C=O) groups excluding carboxylic acids is 1. The van der Waals surface area contributed by atoms with Gasteiger partial charge in [-0.25, -0.2) is 0 Å². The standard InChI is InChI=1S/C7H13NO3S/c8-6(9)5-12-4-2-1-3-7(10)11/h1-5H2,(H2,8,9)(H,10,11). The van der Waals surface area contributed by atoms with Gasteiger partial charge in [0.05, 0.1) is 5.75 Å². The summed E-state index contributed by atoms with van der Waals surface area (Å²) in [6, 6.07) is 0. The number of carboxylic acids is 1. The minimum atomic E-state index is -0.769. The Morgan fingerprint density at radius 1 is 1.33 bits per heavy atom. The van der Waals surface area contributed by atoms with Crippen molar-refractivity contribution in [2.24, 2.45) is 5.73 Å². The van der Waals surface area contributed by atoms with E-state index in [4.69, 9.17) is 10.8 Å². The molecule has 0 saturated heterocycles. The minimum absolute atomic E-state index is 0.205. The van der Waals surface area contributed by atoms with Crippen molar-refractivity contribution in [2.75, 3.05) is 11.5 Å².